The smallest absolute Gasteiger partial charge is 0.254 e. The normalized spacial score (nSPS) is 21.1. The van der Waals surface area contributed by atoms with Gasteiger partial charge in [0.2, 0.25) is 0 Å². The van der Waals surface area contributed by atoms with Crippen LogP contribution >= 0.6 is 0 Å². The summed E-state index contributed by atoms with van der Waals surface area (Å²) in [7, 11) is 0. The molecule has 1 spiro atoms. The molecule has 2 heterocycles. The molecule has 2 fully saturated rings. The lowest BCUT2D eigenvalue weighted by Gasteiger charge is -2.44. The number of amides is 1. The van der Waals surface area contributed by atoms with Crippen LogP contribution in [-0.2, 0) is 0 Å². The van der Waals surface area contributed by atoms with Gasteiger partial charge in [-0.1, -0.05) is 17.7 Å². The molecule has 120 valence electrons. The van der Waals surface area contributed by atoms with Gasteiger partial charge in [-0.3, -0.25) is 4.79 Å². The fourth-order valence-corrected chi connectivity index (χ4v) is 4.32. The summed E-state index contributed by atoms with van der Waals surface area (Å²) >= 11 is 0. The molecular formula is C19H28N2O. The lowest BCUT2D eigenvalue weighted by molar-refractivity contribution is 0.0494. The van der Waals surface area contributed by atoms with Crippen LogP contribution in [0.1, 0.15) is 52.7 Å². The molecule has 0 unspecified atom stereocenters. The van der Waals surface area contributed by atoms with E-state index in [2.05, 4.69) is 43.1 Å². The van der Waals surface area contributed by atoms with Crippen molar-refractivity contribution in [3.63, 3.8) is 0 Å². The van der Waals surface area contributed by atoms with Crippen LogP contribution in [0, 0.1) is 26.2 Å². The lowest BCUT2D eigenvalue weighted by atomic mass is 9.71. The Bertz CT molecular complexity index is 540. The van der Waals surface area contributed by atoms with Gasteiger partial charge in [0.1, 0.15) is 0 Å². The van der Waals surface area contributed by atoms with Crippen LogP contribution in [-0.4, -0.2) is 37.0 Å². The molecule has 0 aromatic heterocycles. The van der Waals surface area contributed by atoms with Crippen LogP contribution in [0.25, 0.3) is 0 Å². The third kappa shape index (κ3) is 2.91. The summed E-state index contributed by atoms with van der Waals surface area (Å²) in [6, 6.07) is 4.25. The zero-order valence-electron chi connectivity index (χ0n) is 14.2. The Hall–Kier alpha value is -1.35. The van der Waals surface area contributed by atoms with Crippen LogP contribution in [0.2, 0.25) is 0 Å². The second-order valence-electron chi connectivity index (χ2n) is 7.32. The molecule has 1 amide bonds. The van der Waals surface area contributed by atoms with E-state index in [1.807, 2.05) is 0 Å². The zero-order chi connectivity index (χ0) is 15.7. The summed E-state index contributed by atoms with van der Waals surface area (Å²) < 4.78 is 0. The van der Waals surface area contributed by atoms with E-state index in [1.54, 1.807) is 0 Å². The second-order valence-corrected chi connectivity index (χ2v) is 7.32. The number of benzene rings is 1. The third-order valence-electron chi connectivity index (χ3n) is 5.67. The molecule has 1 N–H and O–H groups in total. The van der Waals surface area contributed by atoms with E-state index in [4.69, 9.17) is 0 Å². The number of piperidine rings is 2. The molecule has 2 aliphatic rings. The van der Waals surface area contributed by atoms with Crippen molar-refractivity contribution in [1.82, 2.24) is 10.2 Å². The number of aryl methyl sites for hydroxylation is 3. The van der Waals surface area contributed by atoms with Gasteiger partial charge in [0.15, 0.2) is 0 Å². The minimum absolute atomic E-state index is 0.235. The third-order valence-corrected chi connectivity index (χ3v) is 5.67. The second kappa shape index (κ2) is 6.04. The molecule has 1 aromatic carbocycles. The van der Waals surface area contributed by atoms with E-state index >= 15 is 0 Å². The molecule has 0 atom stereocenters. The predicted molar refractivity (Wildman–Crippen MR) is 90.3 cm³/mol. The summed E-state index contributed by atoms with van der Waals surface area (Å²) in [5.74, 6) is 0.235. The maximum absolute atomic E-state index is 12.9. The number of hydrogen-bond donors (Lipinski definition) is 1. The maximum atomic E-state index is 12.9. The summed E-state index contributed by atoms with van der Waals surface area (Å²) in [6.45, 7) is 10.3. The van der Waals surface area contributed by atoms with Crippen LogP contribution in [0.15, 0.2) is 12.1 Å². The highest BCUT2D eigenvalue weighted by Crippen LogP contribution is 2.39. The van der Waals surface area contributed by atoms with E-state index in [9.17, 15) is 4.79 Å². The van der Waals surface area contributed by atoms with Crippen molar-refractivity contribution in [3.05, 3.63) is 34.4 Å². The van der Waals surface area contributed by atoms with Gasteiger partial charge in [-0.05, 0) is 76.1 Å². The first-order valence-corrected chi connectivity index (χ1v) is 8.59. The fraction of sp³-hybridized carbons (Fsp3) is 0.632. The van der Waals surface area contributed by atoms with Crippen molar-refractivity contribution >= 4 is 5.91 Å². The zero-order valence-corrected chi connectivity index (χ0v) is 14.2. The Morgan fingerprint density at radius 1 is 1.00 bits per heavy atom. The van der Waals surface area contributed by atoms with Gasteiger partial charge in [-0.2, -0.15) is 0 Å². The first-order chi connectivity index (χ1) is 10.5. The van der Waals surface area contributed by atoms with Crippen molar-refractivity contribution < 1.29 is 4.79 Å². The highest BCUT2D eigenvalue weighted by molar-refractivity contribution is 5.97. The Kier molecular flexibility index (Phi) is 4.26. The summed E-state index contributed by atoms with van der Waals surface area (Å²) in [6.07, 6.45) is 4.89. The highest BCUT2D eigenvalue weighted by atomic mass is 16.2. The average Bonchev–Trinajstić information content (AvgIpc) is 2.47. The quantitative estimate of drug-likeness (QED) is 0.863. The number of rotatable bonds is 1. The van der Waals surface area contributed by atoms with Gasteiger partial charge in [0.25, 0.3) is 5.91 Å². The van der Waals surface area contributed by atoms with Gasteiger partial charge in [-0.15, -0.1) is 0 Å². The topological polar surface area (TPSA) is 32.3 Å². The van der Waals surface area contributed by atoms with Crippen LogP contribution < -0.4 is 5.32 Å². The highest BCUT2D eigenvalue weighted by Gasteiger charge is 2.37. The van der Waals surface area contributed by atoms with Crippen LogP contribution in [0.3, 0.4) is 0 Å². The van der Waals surface area contributed by atoms with Crippen molar-refractivity contribution in [3.8, 4) is 0 Å². The number of carbonyl (C=O) groups excluding carboxylic acids is 1. The van der Waals surface area contributed by atoms with Crippen molar-refractivity contribution in [2.45, 2.75) is 46.5 Å². The van der Waals surface area contributed by atoms with E-state index in [1.165, 1.54) is 31.2 Å². The van der Waals surface area contributed by atoms with Crippen molar-refractivity contribution in [1.29, 1.82) is 0 Å². The lowest BCUT2D eigenvalue weighted by Crippen LogP contribution is -2.47. The molecule has 0 saturated carbocycles. The molecule has 3 nitrogen and oxygen atoms in total. The van der Waals surface area contributed by atoms with E-state index in [0.29, 0.717) is 5.41 Å². The standard InChI is InChI=1S/C19H28N2O/c1-14-12-15(2)17(16(3)13-14)18(22)21-10-6-19(7-11-21)4-8-20-9-5-19/h12-13,20H,4-11H2,1-3H3. The average molecular weight is 300 g/mol. The molecule has 22 heavy (non-hydrogen) atoms. The summed E-state index contributed by atoms with van der Waals surface area (Å²) in [5, 5.41) is 3.46. The molecule has 2 saturated heterocycles. The van der Waals surface area contributed by atoms with Crippen molar-refractivity contribution in [2.75, 3.05) is 26.2 Å². The van der Waals surface area contributed by atoms with Gasteiger partial charge >= 0.3 is 0 Å². The van der Waals surface area contributed by atoms with Crippen molar-refractivity contribution in [2.24, 2.45) is 5.41 Å². The number of carbonyl (C=O) groups is 1. The monoisotopic (exact) mass is 300 g/mol. The number of nitrogens with zero attached hydrogens (tertiary/aromatic N) is 1. The Balaban J connectivity index is 1.72. The maximum Gasteiger partial charge on any atom is 0.254 e. The van der Waals surface area contributed by atoms with Gasteiger partial charge < -0.3 is 10.2 Å². The van der Waals surface area contributed by atoms with Gasteiger partial charge in [0, 0.05) is 18.7 Å². The first-order valence-electron chi connectivity index (χ1n) is 8.59. The molecule has 3 rings (SSSR count). The van der Waals surface area contributed by atoms with E-state index < -0.39 is 0 Å². The van der Waals surface area contributed by atoms with Crippen LogP contribution in [0.4, 0.5) is 0 Å². The summed E-state index contributed by atoms with van der Waals surface area (Å²) in [5.41, 5.74) is 4.89. The molecule has 2 aliphatic heterocycles. The van der Waals surface area contributed by atoms with E-state index in [-0.39, 0.29) is 5.91 Å². The fourth-order valence-electron chi connectivity index (χ4n) is 4.32. The Labute approximate surface area is 134 Å². The largest absolute Gasteiger partial charge is 0.339 e. The predicted octanol–water partition coefficient (Wildman–Crippen LogP) is 3.22. The minimum Gasteiger partial charge on any atom is -0.339 e. The molecule has 0 aliphatic carbocycles. The molecular weight excluding hydrogens is 272 g/mol. The molecule has 0 radical (unpaired) electrons. The number of nitrogens with one attached hydrogen (secondary N) is 1. The Morgan fingerprint density at radius 3 is 2.09 bits per heavy atom. The van der Waals surface area contributed by atoms with Gasteiger partial charge in [0.05, 0.1) is 0 Å². The Morgan fingerprint density at radius 2 is 1.55 bits per heavy atom. The first kappa shape index (κ1) is 15.5. The summed E-state index contributed by atoms with van der Waals surface area (Å²) in [4.78, 5) is 15.0. The number of likely N-dealkylation sites (tertiary alicyclic amines) is 1. The SMILES string of the molecule is Cc1cc(C)c(C(=O)N2CCC3(CCNCC3)CC2)c(C)c1. The minimum atomic E-state index is 0.235. The van der Waals surface area contributed by atoms with E-state index in [0.717, 1.165) is 42.9 Å². The molecule has 1 aromatic rings. The molecule has 3 heteroatoms. The van der Waals surface area contributed by atoms with Crippen LogP contribution in [0.5, 0.6) is 0 Å². The number of hydrogen-bond acceptors (Lipinski definition) is 2. The van der Waals surface area contributed by atoms with Gasteiger partial charge in [-0.25, -0.2) is 0 Å². The molecule has 0 bridgehead atoms.